The van der Waals surface area contributed by atoms with E-state index in [4.69, 9.17) is 0 Å². The van der Waals surface area contributed by atoms with E-state index >= 15 is 0 Å². The first kappa shape index (κ1) is 17.0. The van der Waals surface area contributed by atoms with E-state index in [2.05, 4.69) is 17.6 Å². The maximum Gasteiger partial charge on any atom is 0.251 e. The summed E-state index contributed by atoms with van der Waals surface area (Å²) >= 11 is 0. The first-order chi connectivity index (χ1) is 10.0. The highest BCUT2D eigenvalue weighted by molar-refractivity contribution is 5.94. The Labute approximate surface area is 126 Å². The van der Waals surface area contributed by atoms with Crippen LogP contribution in [0.15, 0.2) is 24.3 Å². The van der Waals surface area contributed by atoms with Crippen LogP contribution in [0.3, 0.4) is 0 Å². The smallest absolute Gasteiger partial charge is 0.251 e. The Morgan fingerprint density at radius 2 is 1.67 bits per heavy atom. The van der Waals surface area contributed by atoms with E-state index in [1.807, 2.05) is 31.1 Å². The van der Waals surface area contributed by atoms with Crippen molar-refractivity contribution in [2.45, 2.75) is 26.2 Å². The van der Waals surface area contributed by atoms with E-state index in [-0.39, 0.29) is 11.8 Å². The molecule has 0 fully saturated rings. The minimum absolute atomic E-state index is 0.0430. The quantitative estimate of drug-likeness (QED) is 0.718. The van der Waals surface area contributed by atoms with Crippen molar-refractivity contribution < 1.29 is 9.59 Å². The van der Waals surface area contributed by atoms with E-state index in [1.165, 1.54) is 0 Å². The van der Waals surface area contributed by atoms with Gasteiger partial charge in [0.25, 0.3) is 5.91 Å². The van der Waals surface area contributed by atoms with Crippen LogP contribution in [-0.2, 0) is 4.79 Å². The van der Waals surface area contributed by atoms with E-state index in [0.717, 1.165) is 18.5 Å². The van der Waals surface area contributed by atoms with Crippen LogP contribution in [0.5, 0.6) is 0 Å². The summed E-state index contributed by atoms with van der Waals surface area (Å²) in [4.78, 5) is 25.3. The van der Waals surface area contributed by atoms with Gasteiger partial charge in [0.1, 0.15) is 0 Å². The van der Waals surface area contributed by atoms with Gasteiger partial charge in [0.2, 0.25) is 5.91 Å². The Bertz CT molecular complexity index is 455. The first-order valence-corrected chi connectivity index (χ1v) is 7.37. The molecule has 21 heavy (non-hydrogen) atoms. The number of benzene rings is 1. The summed E-state index contributed by atoms with van der Waals surface area (Å²) < 4.78 is 0. The lowest BCUT2D eigenvalue weighted by Crippen LogP contribution is -2.34. The second-order valence-corrected chi connectivity index (χ2v) is 5.15. The number of hydrogen-bond acceptors (Lipinski definition) is 3. The number of hydrogen-bond donors (Lipinski definition) is 2. The van der Waals surface area contributed by atoms with Crippen LogP contribution in [0, 0.1) is 0 Å². The van der Waals surface area contributed by atoms with Crippen LogP contribution in [0.4, 0.5) is 5.69 Å². The van der Waals surface area contributed by atoms with Gasteiger partial charge in [-0.05, 0) is 30.7 Å². The molecular formula is C16H25N3O2. The van der Waals surface area contributed by atoms with E-state index in [0.29, 0.717) is 25.1 Å². The predicted octanol–water partition coefficient (Wildman–Crippen LogP) is 1.79. The molecule has 2 N–H and O–H groups in total. The van der Waals surface area contributed by atoms with Crippen molar-refractivity contribution in [3.63, 3.8) is 0 Å². The first-order valence-electron chi connectivity index (χ1n) is 7.37. The molecule has 0 aliphatic rings. The fraction of sp³-hybridized carbons (Fsp3) is 0.500. The van der Waals surface area contributed by atoms with Crippen LogP contribution in [0.25, 0.3) is 0 Å². The third kappa shape index (κ3) is 6.29. The molecule has 0 spiro atoms. The molecule has 2 amide bonds. The molecule has 1 rings (SSSR count). The Morgan fingerprint density at radius 1 is 1.05 bits per heavy atom. The van der Waals surface area contributed by atoms with Gasteiger partial charge >= 0.3 is 0 Å². The van der Waals surface area contributed by atoms with Crippen LogP contribution in [0.2, 0.25) is 0 Å². The highest BCUT2D eigenvalue weighted by Crippen LogP contribution is 2.11. The molecule has 116 valence electrons. The van der Waals surface area contributed by atoms with Gasteiger partial charge in [0, 0.05) is 44.9 Å². The third-order valence-corrected chi connectivity index (χ3v) is 3.14. The molecule has 5 heteroatoms. The molecule has 1 aromatic rings. The standard InChI is InChI=1S/C16H25N3O2/c1-4-5-6-15(20)17-11-12-18-16(21)13-7-9-14(10-8-13)19(2)3/h7-10H,4-6,11-12H2,1-3H3,(H,17,20)(H,18,21). The Hall–Kier alpha value is -2.04. The number of nitrogens with zero attached hydrogens (tertiary/aromatic N) is 1. The topological polar surface area (TPSA) is 61.4 Å². The molecule has 0 saturated heterocycles. The van der Waals surface area contributed by atoms with E-state index < -0.39 is 0 Å². The summed E-state index contributed by atoms with van der Waals surface area (Å²) in [5.74, 6) is -0.0791. The van der Waals surface area contributed by atoms with Gasteiger partial charge in [-0.25, -0.2) is 0 Å². The monoisotopic (exact) mass is 291 g/mol. The lowest BCUT2D eigenvalue weighted by atomic mass is 10.2. The second kappa shape index (κ2) is 9.00. The lowest BCUT2D eigenvalue weighted by Gasteiger charge is -2.12. The van der Waals surface area contributed by atoms with Crippen molar-refractivity contribution in [3.05, 3.63) is 29.8 Å². The molecule has 0 saturated carbocycles. The summed E-state index contributed by atoms with van der Waals surface area (Å²) in [5, 5.41) is 5.58. The number of carbonyl (C=O) groups excluding carboxylic acids is 2. The SMILES string of the molecule is CCCCC(=O)NCCNC(=O)c1ccc(N(C)C)cc1. The third-order valence-electron chi connectivity index (χ3n) is 3.14. The van der Waals surface area contributed by atoms with Crippen molar-refractivity contribution in [3.8, 4) is 0 Å². The Kier molecular flexibility index (Phi) is 7.29. The van der Waals surface area contributed by atoms with Crippen molar-refractivity contribution in [2.24, 2.45) is 0 Å². The van der Waals surface area contributed by atoms with Gasteiger partial charge in [-0.2, -0.15) is 0 Å². The number of carbonyl (C=O) groups is 2. The fourth-order valence-corrected chi connectivity index (χ4v) is 1.82. The number of nitrogens with one attached hydrogen (secondary N) is 2. The molecular weight excluding hydrogens is 266 g/mol. The minimum Gasteiger partial charge on any atom is -0.378 e. The summed E-state index contributed by atoms with van der Waals surface area (Å²) in [6, 6.07) is 7.40. The van der Waals surface area contributed by atoms with Crippen molar-refractivity contribution in [1.29, 1.82) is 0 Å². The van der Waals surface area contributed by atoms with Crippen LogP contribution < -0.4 is 15.5 Å². The number of amides is 2. The molecule has 0 unspecified atom stereocenters. The van der Waals surface area contributed by atoms with Gasteiger partial charge in [-0.15, -0.1) is 0 Å². The van der Waals surface area contributed by atoms with Gasteiger partial charge in [-0.3, -0.25) is 9.59 Å². The lowest BCUT2D eigenvalue weighted by molar-refractivity contribution is -0.121. The molecule has 0 aliphatic heterocycles. The van der Waals surface area contributed by atoms with Crippen LogP contribution >= 0.6 is 0 Å². The van der Waals surface area contributed by atoms with Gasteiger partial charge < -0.3 is 15.5 Å². The van der Waals surface area contributed by atoms with Crippen LogP contribution in [-0.4, -0.2) is 39.0 Å². The normalized spacial score (nSPS) is 10.0. The average molecular weight is 291 g/mol. The molecule has 1 aromatic carbocycles. The average Bonchev–Trinajstić information content (AvgIpc) is 2.49. The molecule has 0 heterocycles. The zero-order chi connectivity index (χ0) is 15.7. The summed E-state index contributed by atoms with van der Waals surface area (Å²) in [7, 11) is 3.91. The van der Waals surface area contributed by atoms with Gasteiger partial charge in [-0.1, -0.05) is 13.3 Å². The van der Waals surface area contributed by atoms with Crippen molar-refractivity contribution >= 4 is 17.5 Å². The van der Waals surface area contributed by atoms with E-state index in [1.54, 1.807) is 12.1 Å². The van der Waals surface area contributed by atoms with Crippen molar-refractivity contribution in [1.82, 2.24) is 10.6 Å². The molecule has 0 aliphatic carbocycles. The number of rotatable bonds is 8. The maximum atomic E-state index is 11.9. The molecule has 0 aromatic heterocycles. The molecule has 0 bridgehead atoms. The Balaban J connectivity index is 2.29. The van der Waals surface area contributed by atoms with Crippen molar-refractivity contribution in [2.75, 3.05) is 32.1 Å². The fourth-order valence-electron chi connectivity index (χ4n) is 1.82. The largest absolute Gasteiger partial charge is 0.378 e. The summed E-state index contributed by atoms with van der Waals surface area (Å²) in [5.41, 5.74) is 1.67. The summed E-state index contributed by atoms with van der Waals surface area (Å²) in [6.45, 7) is 2.95. The van der Waals surface area contributed by atoms with Gasteiger partial charge in [0.05, 0.1) is 0 Å². The highest BCUT2D eigenvalue weighted by atomic mass is 16.2. The molecule has 0 atom stereocenters. The maximum absolute atomic E-state index is 11.9. The molecule has 5 nitrogen and oxygen atoms in total. The number of unbranched alkanes of at least 4 members (excludes halogenated alkanes) is 1. The second-order valence-electron chi connectivity index (χ2n) is 5.15. The molecule has 0 radical (unpaired) electrons. The zero-order valence-corrected chi connectivity index (χ0v) is 13.1. The Morgan fingerprint density at radius 3 is 2.24 bits per heavy atom. The summed E-state index contributed by atoms with van der Waals surface area (Å²) in [6.07, 6.45) is 2.46. The number of anilines is 1. The minimum atomic E-state index is -0.122. The highest BCUT2D eigenvalue weighted by Gasteiger charge is 2.05. The van der Waals surface area contributed by atoms with E-state index in [9.17, 15) is 9.59 Å². The van der Waals surface area contributed by atoms with Crippen LogP contribution in [0.1, 0.15) is 36.5 Å². The predicted molar refractivity (Wildman–Crippen MR) is 85.6 cm³/mol. The zero-order valence-electron chi connectivity index (χ0n) is 13.1. The van der Waals surface area contributed by atoms with Gasteiger partial charge in [0.15, 0.2) is 0 Å².